The zero-order valence-corrected chi connectivity index (χ0v) is 18.3. The van der Waals surface area contributed by atoms with E-state index >= 15 is 0 Å². The number of alkyl halides is 3. The lowest BCUT2D eigenvalue weighted by molar-refractivity contribution is -0.139. The van der Waals surface area contributed by atoms with Crippen molar-refractivity contribution in [2.24, 2.45) is 0 Å². The summed E-state index contributed by atoms with van der Waals surface area (Å²) in [7, 11) is -1.81. The van der Waals surface area contributed by atoms with Gasteiger partial charge in [-0.05, 0) is 36.4 Å². The summed E-state index contributed by atoms with van der Waals surface area (Å²) in [5.41, 5.74) is -1.34. The summed E-state index contributed by atoms with van der Waals surface area (Å²) in [5, 5.41) is 2.60. The van der Waals surface area contributed by atoms with Crippen LogP contribution in [0.2, 0.25) is 0 Å². The number of para-hydroxylation sites is 1. The van der Waals surface area contributed by atoms with Gasteiger partial charge in [-0.1, -0.05) is 24.3 Å². The van der Waals surface area contributed by atoms with E-state index in [1.54, 1.807) is 6.07 Å². The minimum absolute atomic E-state index is 0.108. The highest BCUT2D eigenvalue weighted by molar-refractivity contribution is 7.92. The van der Waals surface area contributed by atoms with Gasteiger partial charge in [0, 0.05) is 6.07 Å². The molecule has 0 heterocycles. The molecular weight excluding hydrogens is 461 g/mol. The molecule has 3 aromatic carbocycles. The van der Waals surface area contributed by atoms with Gasteiger partial charge in [-0.15, -0.1) is 0 Å². The maximum atomic E-state index is 13.3. The van der Waals surface area contributed by atoms with Gasteiger partial charge in [0.25, 0.3) is 15.9 Å². The Morgan fingerprint density at radius 1 is 0.879 bits per heavy atom. The Morgan fingerprint density at radius 2 is 1.55 bits per heavy atom. The molecular formula is C22H19F3N2O5S. The van der Waals surface area contributed by atoms with Crippen molar-refractivity contribution in [3.8, 4) is 11.5 Å². The number of anilines is 2. The minimum atomic E-state index is -4.88. The number of carbonyl (C=O) groups is 1. The molecule has 0 atom stereocenters. The number of amides is 1. The zero-order valence-electron chi connectivity index (χ0n) is 17.4. The second kappa shape index (κ2) is 9.41. The molecule has 0 spiro atoms. The molecule has 3 aromatic rings. The summed E-state index contributed by atoms with van der Waals surface area (Å²) in [6.45, 7) is 0. The molecule has 2 N–H and O–H groups in total. The van der Waals surface area contributed by atoms with Crippen LogP contribution >= 0.6 is 0 Å². The van der Waals surface area contributed by atoms with Crippen molar-refractivity contribution in [1.29, 1.82) is 0 Å². The fourth-order valence-electron chi connectivity index (χ4n) is 3.00. The Bertz CT molecular complexity index is 1280. The van der Waals surface area contributed by atoms with Crippen LogP contribution in [0, 0.1) is 0 Å². The lowest BCUT2D eigenvalue weighted by atomic mass is 10.1. The third-order valence-electron chi connectivity index (χ3n) is 4.55. The largest absolute Gasteiger partial charge is 0.497 e. The maximum Gasteiger partial charge on any atom is 0.417 e. The SMILES string of the molecule is COc1ccc(NC(=O)c2ccccc2NS(=O)(=O)c2ccccc2C(F)(F)F)c(OC)c1. The number of hydrogen-bond acceptors (Lipinski definition) is 5. The molecule has 174 valence electrons. The van der Waals surface area contributed by atoms with Crippen LogP contribution in [-0.2, 0) is 16.2 Å². The first kappa shape index (κ1) is 23.9. The van der Waals surface area contributed by atoms with E-state index in [0.29, 0.717) is 17.6 Å². The molecule has 0 unspecified atom stereocenters. The highest BCUT2D eigenvalue weighted by Crippen LogP contribution is 2.35. The number of carbonyl (C=O) groups excluding carboxylic acids is 1. The molecule has 0 bridgehead atoms. The van der Waals surface area contributed by atoms with Crippen LogP contribution in [-0.4, -0.2) is 28.5 Å². The van der Waals surface area contributed by atoms with Crippen molar-refractivity contribution in [3.05, 3.63) is 77.9 Å². The summed E-state index contributed by atoms with van der Waals surface area (Å²) < 4.78 is 78.0. The Morgan fingerprint density at radius 3 is 2.21 bits per heavy atom. The monoisotopic (exact) mass is 480 g/mol. The topological polar surface area (TPSA) is 93.7 Å². The average molecular weight is 480 g/mol. The molecule has 0 aromatic heterocycles. The lowest BCUT2D eigenvalue weighted by Gasteiger charge is -2.16. The molecule has 0 radical (unpaired) electrons. The lowest BCUT2D eigenvalue weighted by Crippen LogP contribution is -2.21. The molecule has 1 amide bonds. The zero-order chi connectivity index (χ0) is 24.2. The predicted octanol–water partition coefficient (Wildman–Crippen LogP) is 4.78. The summed E-state index contributed by atoms with van der Waals surface area (Å²) >= 11 is 0. The Balaban J connectivity index is 1.94. The number of benzene rings is 3. The number of halogens is 3. The van der Waals surface area contributed by atoms with E-state index in [-0.39, 0.29) is 16.9 Å². The van der Waals surface area contributed by atoms with Gasteiger partial charge in [-0.2, -0.15) is 13.2 Å². The molecule has 7 nitrogen and oxygen atoms in total. The van der Waals surface area contributed by atoms with E-state index < -0.39 is 32.6 Å². The van der Waals surface area contributed by atoms with Crippen LogP contribution in [0.1, 0.15) is 15.9 Å². The standard InChI is InChI=1S/C22H19F3N2O5S/c1-31-14-11-12-18(19(13-14)32-2)26-21(28)15-7-3-5-9-17(15)27-33(29,30)20-10-6-4-8-16(20)22(23,24)25/h3-13,27H,1-2H3,(H,26,28). The van der Waals surface area contributed by atoms with Crippen molar-refractivity contribution in [2.75, 3.05) is 24.3 Å². The van der Waals surface area contributed by atoms with Crippen molar-refractivity contribution in [1.82, 2.24) is 0 Å². The Labute approximate surface area is 188 Å². The number of sulfonamides is 1. The van der Waals surface area contributed by atoms with Crippen LogP contribution in [0.15, 0.2) is 71.6 Å². The summed E-state index contributed by atoms with van der Waals surface area (Å²) in [6, 6.07) is 14.0. The molecule has 0 aliphatic rings. The first-order chi connectivity index (χ1) is 15.6. The molecule has 0 aliphatic carbocycles. The van der Waals surface area contributed by atoms with Gasteiger partial charge in [0.05, 0.1) is 41.6 Å². The maximum absolute atomic E-state index is 13.3. The van der Waals surface area contributed by atoms with Gasteiger partial charge < -0.3 is 14.8 Å². The Hall–Kier alpha value is -3.73. The van der Waals surface area contributed by atoms with Crippen LogP contribution in [0.25, 0.3) is 0 Å². The van der Waals surface area contributed by atoms with Gasteiger partial charge in [-0.25, -0.2) is 8.42 Å². The van der Waals surface area contributed by atoms with Crippen molar-refractivity contribution >= 4 is 27.3 Å². The number of nitrogens with one attached hydrogen (secondary N) is 2. The van der Waals surface area contributed by atoms with E-state index in [1.165, 1.54) is 56.7 Å². The van der Waals surface area contributed by atoms with Gasteiger partial charge in [0.15, 0.2) is 0 Å². The normalized spacial score (nSPS) is 11.5. The molecule has 0 saturated carbocycles. The third-order valence-corrected chi connectivity index (χ3v) is 5.98. The second-order valence-electron chi connectivity index (χ2n) is 6.67. The molecule has 11 heteroatoms. The Kier molecular flexibility index (Phi) is 6.82. The number of hydrogen-bond donors (Lipinski definition) is 2. The quantitative estimate of drug-likeness (QED) is 0.508. The fourth-order valence-corrected chi connectivity index (χ4v) is 4.30. The highest BCUT2D eigenvalue weighted by atomic mass is 32.2. The molecule has 0 fully saturated rings. The van der Waals surface area contributed by atoms with Crippen LogP contribution in [0.4, 0.5) is 24.5 Å². The van der Waals surface area contributed by atoms with E-state index in [9.17, 15) is 26.4 Å². The summed E-state index contributed by atoms with van der Waals surface area (Å²) in [5.74, 6) is 0.0714. The van der Waals surface area contributed by atoms with Gasteiger partial charge >= 0.3 is 6.18 Å². The second-order valence-corrected chi connectivity index (χ2v) is 8.32. The van der Waals surface area contributed by atoms with Crippen molar-refractivity contribution in [2.45, 2.75) is 11.1 Å². The van der Waals surface area contributed by atoms with Crippen molar-refractivity contribution < 1.29 is 35.9 Å². The molecule has 0 aliphatic heterocycles. The molecule has 0 saturated heterocycles. The first-order valence-corrected chi connectivity index (χ1v) is 10.9. The van der Waals surface area contributed by atoms with E-state index in [0.717, 1.165) is 12.1 Å². The fraction of sp³-hybridized carbons (Fsp3) is 0.136. The van der Waals surface area contributed by atoms with Gasteiger partial charge in [0.2, 0.25) is 0 Å². The van der Waals surface area contributed by atoms with Gasteiger partial charge in [-0.3, -0.25) is 9.52 Å². The predicted molar refractivity (Wildman–Crippen MR) is 116 cm³/mol. The summed E-state index contributed by atoms with van der Waals surface area (Å²) in [4.78, 5) is 11.9. The third kappa shape index (κ3) is 5.37. The minimum Gasteiger partial charge on any atom is -0.497 e. The number of rotatable bonds is 7. The van der Waals surface area contributed by atoms with E-state index in [1.807, 2.05) is 0 Å². The first-order valence-electron chi connectivity index (χ1n) is 9.38. The van der Waals surface area contributed by atoms with E-state index in [2.05, 4.69) is 10.0 Å². The van der Waals surface area contributed by atoms with E-state index in [4.69, 9.17) is 9.47 Å². The highest BCUT2D eigenvalue weighted by Gasteiger charge is 2.37. The summed E-state index contributed by atoms with van der Waals surface area (Å²) in [6.07, 6.45) is -4.88. The van der Waals surface area contributed by atoms with Crippen LogP contribution in [0.5, 0.6) is 11.5 Å². The average Bonchev–Trinajstić information content (AvgIpc) is 2.78. The molecule has 3 rings (SSSR count). The number of methoxy groups -OCH3 is 2. The van der Waals surface area contributed by atoms with Crippen LogP contribution < -0.4 is 19.5 Å². The number of ether oxygens (including phenoxy) is 2. The van der Waals surface area contributed by atoms with Gasteiger partial charge in [0.1, 0.15) is 11.5 Å². The van der Waals surface area contributed by atoms with Crippen molar-refractivity contribution in [3.63, 3.8) is 0 Å². The van der Waals surface area contributed by atoms with Crippen LogP contribution in [0.3, 0.4) is 0 Å². The smallest absolute Gasteiger partial charge is 0.417 e. The molecule has 33 heavy (non-hydrogen) atoms.